The van der Waals surface area contributed by atoms with E-state index in [-0.39, 0.29) is 0 Å². The summed E-state index contributed by atoms with van der Waals surface area (Å²) in [4.78, 5) is 0. The molecule has 0 bridgehead atoms. The second kappa shape index (κ2) is 9.70. The van der Waals surface area contributed by atoms with Gasteiger partial charge in [0.15, 0.2) is 5.11 Å². The average molecular weight is 205 g/mol. The quantitative estimate of drug-likeness (QED) is 0.394. The van der Waals surface area contributed by atoms with Crippen molar-refractivity contribution in [3.05, 3.63) is 0 Å². The molecule has 0 aromatic heterocycles. The Balaban J connectivity index is 2.95. The summed E-state index contributed by atoms with van der Waals surface area (Å²) in [6.45, 7) is 3.27. The van der Waals surface area contributed by atoms with Gasteiger partial charge in [0.25, 0.3) is 0 Å². The van der Waals surface area contributed by atoms with Crippen molar-refractivity contribution in [3.63, 3.8) is 0 Å². The maximum atomic E-state index is 5.34. The van der Waals surface area contributed by atoms with Crippen LogP contribution in [0.5, 0.6) is 0 Å². The van der Waals surface area contributed by atoms with Crippen LogP contribution < -0.4 is 16.0 Å². The number of hydrogen-bond acceptors (Lipinski definition) is 3. The van der Waals surface area contributed by atoms with Crippen LogP contribution in [0.15, 0.2) is 0 Å². The highest BCUT2D eigenvalue weighted by Gasteiger charge is 1.90. The third-order valence-electron chi connectivity index (χ3n) is 1.47. The summed E-state index contributed by atoms with van der Waals surface area (Å²) in [5, 5.41) is 9.56. The molecule has 4 nitrogen and oxygen atoms in total. The van der Waals surface area contributed by atoms with E-state index in [9.17, 15) is 0 Å². The van der Waals surface area contributed by atoms with E-state index in [0.29, 0.717) is 11.7 Å². The van der Waals surface area contributed by atoms with Crippen molar-refractivity contribution in [1.29, 1.82) is 0 Å². The number of rotatable bonds is 7. The van der Waals surface area contributed by atoms with E-state index in [1.165, 1.54) is 0 Å². The Morgan fingerprint density at radius 1 is 1.23 bits per heavy atom. The fraction of sp³-hybridized carbons (Fsp3) is 0.875. The molecule has 0 aliphatic heterocycles. The largest absolute Gasteiger partial charge is 0.380 e. The van der Waals surface area contributed by atoms with Crippen LogP contribution in [0.1, 0.15) is 6.42 Å². The van der Waals surface area contributed by atoms with Crippen molar-refractivity contribution >= 4 is 17.3 Å². The zero-order chi connectivity index (χ0) is 9.94. The first kappa shape index (κ1) is 12.6. The van der Waals surface area contributed by atoms with Crippen LogP contribution in [0.25, 0.3) is 0 Å². The van der Waals surface area contributed by atoms with Gasteiger partial charge in [-0.3, -0.25) is 0 Å². The first-order valence-corrected chi connectivity index (χ1v) is 4.90. The monoisotopic (exact) mass is 205 g/mol. The molecule has 0 heterocycles. The first-order chi connectivity index (χ1) is 6.31. The number of nitrogens with one attached hydrogen (secondary N) is 3. The lowest BCUT2D eigenvalue weighted by Crippen LogP contribution is -2.34. The fourth-order valence-electron chi connectivity index (χ4n) is 0.778. The standard InChI is InChI=1S/C8H19N3OS/c1-9-4-3-6-12-7-5-11-8(13)10-2/h9H,3-7H2,1-2H3,(H2,10,11,13). The highest BCUT2D eigenvalue weighted by molar-refractivity contribution is 7.80. The van der Waals surface area contributed by atoms with Crippen molar-refractivity contribution < 1.29 is 4.74 Å². The predicted molar refractivity (Wildman–Crippen MR) is 59.0 cm³/mol. The summed E-state index contributed by atoms with van der Waals surface area (Å²) in [6.07, 6.45) is 1.05. The lowest BCUT2D eigenvalue weighted by Gasteiger charge is -2.07. The van der Waals surface area contributed by atoms with Crippen LogP contribution in [0, 0.1) is 0 Å². The lowest BCUT2D eigenvalue weighted by molar-refractivity contribution is 0.136. The molecule has 0 saturated carbocycles. The van der Waals surface area contributed by atoms with Crippen molar-refractivity contribution in [1.82, 2.24) is 16.0 Å². The van der Waals surface area contributed by atoms with Gasteiger partial charge in [0, 0.05) is 20.2 Å². The molecule has 0 saturated heterocycles. The van der Waals surface area contributed by atoms with Gasteiger partial charge >= 0.3 is 0 Å². The highest BCUT2D eigenvalue weighted by atomic mass is 32.1. The molecule has 0 aliphatic rings. The molecule has 0 aliphatic carbocycles. The third kappa shape index (κ3) is 9.52. The summed E-state index contributed by atoms with van der Waals surface area (Å²) in [7, 11) is 3.73. The smallest absolute Gasteiger partial charge is 0.166 e. The molecule has 0 spiro atoms. The van der Waals surface area contributed by atoms with Crippen LogP contribution in [0.4, 0.5) is 0 Å². The Morgan fingerprint density at radius 2 is 2.00 bits per heavy atom. The topological polar surface area (TPSA) is 45.3 Å². The van der Waals surface area contributed by atoms with Crippen LogP contribution >= 0.6 is 12.2 Å². The maximum Gasteiger partial charge on any atom is 0.166 e. The van der Waals surface area contributed by atoms with Crippen LogP contribution in [0.2, 0.25) is 0 Å². The van der Waals surface area contributed by atoms with E-state index < -0.39 is 0 Å². The molecule has 0 unspecified atom stereocenters. The molecule has 0 aromatic rings. The van der Waals surface area contributed by atoms with Gasteiger partial charge in [-0.2, -0.15) is 0 Å². The van der Waals surface area contributed by atoms with E-state index in [0.717, 1.165) is 26.1 Å². The van der Waals surface area contributed by atoms with Crippen LogP contribution in [-0.2, 0) is 4.74 Å². The first-order valence-electron chi connectivity index (χ1n) is 4.49. The molecular weight excluding hydrogens is 186 g/mol. The summed E-state index contributed by atoms with van der Waals surface area (Å²) < 4.78 is 5.34. The minimum Gasteiger partial charge on any atom is -0.380 e. The van der Waals surface area contributed by atoms with Gasteiger partial charge < -0.3 is 20.7 Å². The van der Waals surface area contributed by atoms with Crippen molar-refractivity contribution in [2.24, 2.45) is 0 Å². The Morgan fingerprint density at radius 3 is 2.62 bits per heavy atom. The SMILES string of the molecule is CNCCCOCCNC(=S)NC. The number of thiocarbonyl (C=S) groups is 1. The third-order valence-corrected chi connectivity index (χ3v) is 1.82. The Kier molecular flexibility index (Phi) is 9.41. The van der Waals surface area contributed by atoms with E-state index >= 15 is 0 Å². The molecule has 3 N–H and O–H groups in total. The average Bonchev–Trinajstić information content (AvgIpc) is 2.16. The summed E-state index contributed by atoms with van der Waals surface area (Å²) in [6, 6.07) is 0. The molecule has 0 fully saturated rings. The van der Waals surface area contributed by atoms with Crippen LogP contribution in [0.3, 0.4) is 0 Å². The minimum atomic E-state index is 0.666. The second-order valence-electron chi connectivity index (χ2n) is 2.58. The van der Waals surface area contributed by atoms with E-state index in [1.54, 1.807) is 7.05 Å². The van der Waals surface area contributed by atoms with Crippen molar-refractivity contribution in [3.8, 4) is 0 Å². The van der Waals surface area contributed by atoms with E-state index in [4.69, 9.17) is 17.0 Å². The normalized spacial score (nSPS) is 9.69. The summed E-state index contributed by atoms with van der Waals surface area (Å²) >= 11 is 4.89. The minimum absolute atomic E-state index is 0.666. The molecule has 13 heavy (non-hydrogen) atoms. The molecule has 78 valence electrons. The van der Waals surface area contributed by atoms with Crippen LogP contribution in [-0.4, -0.2) is 45.5 Å². The van der Waals surface area contributed by atoms with Gasteiger partial charge in [0.2, 0.25) is 0 Å². The van der Waals surface area contributed by atoms with Gasteiger partial charge in [-0.15, -0.1) is 0 Å². The second-order valence-corrected chi connectivity index (χ2v) is 2.98. The lowest BCUT2D eigenvalue weighted by atomic mass is 10.4. The van der Waals surface area contributed by atoms with Gasteiger partial charge in [-0.05, 0) is 32.2 Å². The van der Waals surface area contributed by atoms with Gasteiger partial charge in [0.1, 0.15) is 0 Å². The fourth-order valence-corrected chi connectivity index (χ4v) is 0.880. The predicted octanol–water partition coefficient (Wildman–Crippen LogP) is -0.294. The van der Waals surface area contributed by atoms with Crippen molar-refractivity contribution in [2.45, 2.75) is 6.42 Å². The molecule has 0 amide bonds. The van der Waals surface area contributed by atoms with E-state index in [1.807, 2.05) is 7.05 Å². The zero-order valence-electron chi connectivity index (χ0n) is 8.35. The van der Waals surface area contributed by atoms with Gasteiger partial charge in [0.05, 0.1) is 6.61 Å². The molecule has 0 rings (SSSR count). The van der Waals surface area contributed by atoms with E-state index in [2.05, 4.69) is 16.0 Å². The molecule has 0 aromatic carbocycles. The Labute approximate surface area is 85.4 Å². The Bertz CT molecular complexity index is 133. The molecule has 5 heteroatoms. The molecule has 0 radical (unpaired) electrons. The zero-order valence-corrected chi connectivity index (χ0v) is 9.17. The van der Waals surface area contributed by atoms with Gasteiger partial charge in [-0.25, -0.2) is 0 Å². The Hall–Kier alpha value is -0.390. The molecular formula is C8H19N3OS. The maximum absolute atomic E-state index is 5.34. The number of ether oxygens (including phenoxy) is 1. The summed E-state index contributed by atoms with van der Waals surface area (Å²) in [5.74, 6) is 0. The van der Waals surface area contributed by atoms with Gasteiger partial charge in [-0.1, -0.05) is 0 Å². The summed E-state index contributed by atoms with van der Waals surface area (Å²) in [5.41, 5.74) is 0. The van der Waals surface area contributed by atoms with Crippen molar-refractivity contribution in [2.75, 3.05) is 40.4 Å². The number of hydrogen-bond donors (Lipinski definition) is 3. The highest BCUT2D eigenvalue weighted by Crippen LogP contribution is 1.79. The molecule has 0 atom stereocenters.